The summed E-state index contributed by atoms with van der Waals surface area (Å²) in [6.07, 6.45) is 0. The average molecular weight is 765 g/mol. The van der Waals surface area contributed by atoms with E-state index in [1.54, 1.807) is 0 Å². The predicted molar refractivity (Wildman–Crippen MR) is 147 cm³/mol. The van der Waals surface area contributed by atoms with Crippen LogP contribution in [-0.4, -0.2) is 66.9 Å². The van der Waals surface area contributed by atoms with Crippen LogP contribution in [0.5, 0.6) is 0 Å². The van der Waals surface area contributed by atoms with Crippen molar-refractivity contribution in [2.45, 2.75) is 0 Å². The summed E-state index contributed by atoms with van der Waals surface area (Å²) in [7, 11) is 0. The Balaban J connectivity index is 1.66. The van der Waals surface area contributed by atoms with Gasteiger partial charge in [-0.3, -0.25) is 0 Å². The SMILES string of the molecule is [Se]=P([Se][Se][Se]P(=[Se])(c1ccccc1)c1ccccc1)(c1ccccc1)c1ccccc1. The Bertz CT molecular complexity index is 1020. The molecule has 0 saturated heterocycles. The predicted octanol–water partition coefficient (Wildman–Crippen LogP) is 3.26. The molecule has 4 rings (SSSR count). The van der Waals surface area contributed by atoms with Crippen molar-refractivity contribution in [3.8, 4) is 0 Å². The molecule has 4 aromatic carbocycles. The van der Waals surface area contributed by atoms with Crippen molar-refractivity contribution in [1.29, 1.82) is 0 Å². The van der Waals surface area contributed by atoms with Gasteiger partial charge in [0.2, 0.25) is 0 Å². The third-order valence-electron chi connectivity index (χ3n) is 4.66. The van der Waals surface area contributed by atoms with Gasteiger partial charge < -0.3 is 0 Å². The third-order valence-corrected chi connectivity index (χ3v) is 82.2. The second-order valence-corrected chi connectivity index (χ2v) is 53.2. The molecule has 0 nitrogen and oxygen atoms in total. The summed E-state index contributed by atoms with van der Waals surface area (Å²) >= 11 is 9.25. The minimum absolute atomic E-state index is 0.557. The second-order valence-electron chi connectivity index (χ2n) is 6.66. The first-order valence-corrected chi connectivity index (χ1v) is 30.7. The van der Waals surface area contributed by atoms with E-state index in [0.29, 0.717) is 36.7 Å². The zero-order valence-electron chi connectivity index (χ0n) is 16.5. The molecule has 0 amide bonds. The van der Waals surface area contributed by atoms with E-state index in [-0.39, 0.29) is 0 Å². The number of hydrogen-bond acceptors (Lipinski definition) is 0. The molecule has 0 radical (unpaired) electrons. The van der Waals surface area contributed by atoms with E-state index in [1.807, 2.05) is 0 Å². The summed E-state index contributed by atoms with van der Waals surface area (Å²) < 4.78 is -2.92. The van der Waals surface area contributed by atoms with Gasteiger partial charge in [0.25, 0.3) is 0 Å². The van der Waals surface area contributed by atoms with Gasteiger partial charge in [0.15, 0.2) is 0 Å². The van der Waals surface area contributed by atoms with Crippen LogP contribution in [-0.2, 0) is 0 Å². The van der Waals surface area contributed by atoms with E-state index in [1.165, 1.54) is 21.2 Å². The molecule has 0 N–H and O–H groups in total. The van der Waals surface area contributed by atoms with Crippen LogP contribution in [0.2, 0.25) is 0 Å². The molecule has 7 heteroatoms. The van der Waals surface area contributed by atoms with E-state index in [0.717, 1.165) is 0 Å². The molecule has 0 saturated carbocycles. The van der Waals surface area contributed by atoms with Crippen molar-refractivity contribution in [2.75, 3.05) is 0 Å². The summed E-state index contributed by atoms with van der Waals surface area (Å²) in [5.41, 5.74) is 0. The molecule has 0 aliphatic heterocycles. The standard InChI is InChI=1S/C24H20P2Se5/c27-25(21-13-5-1-6-14-21,22-15-7-2-8-16-22)29-31-30-26(28,23-17-9-3-10-18-23)24-19-11-4-12-20-24/h1-20H. The summed E-state index contributed by atoms with van der Waals surface area (Å²) in [6, 6.07) is 44.7. The fourth-order valence-electron chi connectivity index (χ4n) is 3.07. The zero-order valence-corrected chi connectivity index (χ0v) is 26.8. The van der Waals surface area contributed by atoms with Crippen molar-refractivity contribution in [1.82, 2.24) is 0 Å². The molecule has 0 aliphatic rings. The molecular weight excluding hydrogens is 745 g/mol. The maximum atomic E-state index is 3.76. The van der Waals surface area contributed by atoms with Gasteiger partial charge in [0, 0.05) is 0 Å². The van der Waals surface area contributed by atoms with Gasteiger partial charge in [0.05, 0.1) is 0 Å². The van der Waals surface area contributed by atoms with E-state index in [9.17, 15) is 0 Å². The quantitative estimate of drug-likeness (QED) is 0.191. The van der Waals surface area contributed by atoms with Crippen molar-refractivity contribution in [2.24, 2.45) is 0 Å². The Morgan fingerprint density at radius 3 is 0.839 bits per heavy atom. The normalized spacial score (nSPS) is 11.9. The summed E-state index contributed by atoms with van der Waals surface area (Å²) in [5.74, 6) is 0. The van der Waals surface area contributed by atoms with Crippen molar-refractivity contribution < 1.29 is 0 Å². The van der Waals surface area contributed by atoms with Gasteiger partial charge in [0.1, 0.15) is 0 Å². The topological polar surface area (TPSA) is 0 Å². The van der Waals surface area contributed by atoms with Crippen LogP contribution in [0.25, 0.3) is 0 Å². The van der Waals surface area contributed by atoms with E-state index < -0.39 is 8.40 Å². The zero-order chi connectivity index (χ0) is 21.6. The minimum atomic E-state index is -1.46. The van der Waals surface area contributed by atoms with Crippen molar-refractivity contribution in [3.05, 3.63) is 121 Å². The van der Waals surface area contributed by atoms with Crippen LogP contribution in [0.3, 0.4) is 0 Å². The van der Waals surface area contributed by atoms with E-state index in [2.05, 4.69) is 152 Å². The summed E-state index contributed by atoms with van der Waals surface area (Å²) in [6.45, 7) is 0. The Morgan fingerprint density at radius 1 is 0.387 bits per heavy atom. The molecule has 0 atom stereocenters. The molecule has 31 heavy (non-hydrogen) atoms. The molecule has 4 aromatic rings. The first kappa shape index (κ1) is 24.5. The van der Waals surface area contributed by atoms with Crippen LogP contribution < -0.4 is 21.2 Å². The molecule has 0 spiro atoms. The monoisotopic (exact) mass is 770 g/mol. The van der Waals surface area contributed by atoms with E-state index >= 15 is 0 Å². The van der Waals surface area contributed by atoms with Gasteiger partial charge in [-0.05, 0) is 0 Å². The van der Waals surface area contributed by atoms with Crippen LogP contribution in [0, 0.1) is 0 Å². The first-order valence-electron chi connectivity index (χ1n) is 9.60. The molecule has 0 aliphatic carbocycles. The number of benzene rings is 4. The van der Waals surface area contributed by atoms with E-state index in [4.69, 9.17) is 0 Å². The molecule has 0 aromatic heterocycles. The fraction of sp³-hybridized carbons (Fsp3) is 0. The van der Waals surface area contributed by atoms with Crippen LogP contribution >= 0.6 is 8.40 Å². The van der Waals surface area contributed by atoms with Gasteiger partial charge in [-0.2, -0.15) is 0 Å². The third kappa shape index (κ3) is 5.89. The van der Waals surface area contributed by atoms with Crippen molar-refractivity contribution >= 4 is 96.5 Å². The van der Waals surface area contributed by atoms with Gasteiger partial charge in [-0.25, -0.2) is 0 Å². The molecule has 156 valence electrons. The Kier molecular flexibility index (Phi) is 9.19. The Hall–Kier alpha value is 0.337. The summed E-state index contributed by atoms with van der Waals surface area (Å²) in [4.78, 5) is 0. The number of rotatable bonds is 8. The molecule has 0 unspecified atom stereocenters. The van der Waals surface area contributed by atoms with Crippen LogP contribution in [0.15, 0.2) is 121 Å². The summed E-state index contributed by atoms with van der Waals surface area (Å²) in [5, 5.41) is 6.01. The van der Waals surface area contributed by atoms with Gasteiger partial charge in [-0.15, -0.1) is 0 Å². The molecule has 0 fully saturated rings. The van der Waals surface area contributed by atoms with Crippen molar-refractivity contribution in [3.63, 3.8) is 0 Å². The van der Waals surface area contributed by atoms with Gasteiger partial charge in [-0.1, -0.05) is 0 Å². The maximum absolute atomic E-state index is 3.76. The Morgan fingerprint density at radius 2 is 0.613 bits per heavy atom. The first-order chi connectivity index (χ1) is 15.1. The fourth-order valence-corrected chi connectivity index (χ4v) is 123. The Labute approximate surface area is 215 Å². The average Bonchev–Trinajstić information content (AvgIpc) is 2.86. The van der Waals surface area contributed by atoms with Crippen LogP contribution in [0.1, 0.15) is 0 Å². The molecule has 0 bridgehead atoms. The number of hydrogen-bond donors (Lipinski definition) is 0. The molecule has 0 heterocycles. The second kappa shape index (κ2) is 11.7. The van der Waals surface area contributed by atoms with Crippen LogP contribution in [0.4, 0.5) is 0 Å². The molecular formula is C24H20P2Se5. The van der Waals surface area contributed by atoms with Gasteiger partial charge >= 0.3 is 218 Å².